The normalized spacial score (nSPS) is 24.9. The summed E-state index contributed by atoms with van der Waals surface area (Å²) < 4.78 is 3.40. The van der Waals surface area contributed by atoms with Crippen LogP contribution >= 0.6 is 35.2 Å². The van der Waals surface area contributed by atoms with Crippen molar-refractivity contribution >= 4 is 58.2 Å². The van der Waals surface area contributed by atoms with Crippen LogP contribution in [0.5, 0.6) is 0 Å². The summed E-state index contributed by atoms with van der Waals surface area (Å²) in [6.07, 6.45) is 47.2. The third-order valence-corrected chi connectivity index (χ3v) is 29.2. The standard InChI is InChI=1S/2C18H33P.C7H6Se.2ClH.Ru/c2*1-4-10-16(11-5-1)19(17-12-6-2-7-13-17)18-14-8-3-9-15-18;1-8-7-5-3-2-4-6-7;;;/h2*16-18H,1-15H2;1-6H;2*1H;/q;;;;;+2/p-2. The van der Waals surface area contributed by atoms with Crippen LogP contribution in [0.2, 0.25) is 0 Å². The Morgan fingerprint density at radius 1 is 0.408 bits per heavy atom. The van der Waals surface area contributed by atoms with Crippen molar-refractivity contribution in [3.8, 4) is 0 Å². The van der Waals surface area contributed by atoms with Gasteiger partial charge in [0.25, 0.3) is 0 Å². The van der Waals surface area contributed by atoms with E-state index < -0.39 is 13.5 Å². The zero-order valence-corrected chi connectivity index (χ0v) is 37.8. The van der Waals surface area contributed by atoms with Crippen LogP contribution in [0.3, 0.4) is 0 Å². The van der Waals surface area contributed by atoms with Crippen molar-refractivity contribution in [2.75, 3.05) is 0 Å². The van der Waals surface area contributed by atoms with Crippen molar-refractivity contribution < 1.29 is 13.5 Å². The first-order chi connectivity index (χ1) is 24.2. The minimum atomic E-state index is -1.53. The summed E-state index contributed by atoms with van der Waals surface area (Å²) in [6, 6.07) is 10.3. The van der Waals surface area contributed by atoms with Gasteiger partial charge in [-0.2, -0.15) is 0 Å². The molecule has 0 aliphatic heterocycles. The van der Waals surface area contributed by atoms with Crippen LogP contribution in [0.15, 0.2) is 30.3 Å². The Morgan fingerprint density at radius 2 is 0.653 bits per heavy atom. The van der Waals surface area contributed by atoms with Gasteiger partial charge >= 0.3 is 86.2 Å². The maximum atomic E-state index is 5.70. The molecule has 6 saturated carbocycles. The molecule has 282 valence electrons. The average molecular weight is 902 g/mol. The fourth-order valence-electron chi connectivity index (χ4n) is 10.6. The summed E-state index contributed by atoms with van der Waals surface area (Å²) in [5.41, 5.74) is 7.14. The Labute approximate surface area is 326 Å². The Hall–Kier alpha value is 1.67. The van der Waals surface area contributed by atoms with Crippen molar-refractivity contribution in [3.63, 3.8) is 0 Å². The summed E-state index contributed by atoms with van der Waals surface area (Å²) >= 11 is -1.17. The molecule has 0 bridgehead atoms. The molecule has 0 unspecified atom stereocenters. The molecule has 1 aromatic rings. The summed E-state index contributed by atoms with van der Waals surface area (Å²) in [7, 11) is 12.2. The van der Waals surface area contributed by atoms with Crippen LogP contribution in [0.4, 0.5) is 0 Å². The third-order valence-electron chi connectivity index (χ3n) is 13.0. The molecule has 0 heterocycles. The van der Waals surface area contributed by atoms with Crippen LogP contribution in [0, 0.1) is 0 Å². The zero-order chi connectivity index (χ0) is 33.9. The van der Waals surface area contributed by atoms with Crippen LogP contribution in [0.1, 0.15) is 193 Å². The van der Waals surface area contributed by atoms with Gasteiger partial charge in [0.1, 0.15) is 0 Å². The number of halogens is 2. The van der Waals surface area contributed by atoms with Gasteiger partial charge in [-0.05, 0) is 111 Å². The molecule has 1 aromatic carbocycles. The molecule has 0 atom stereocenters. The van der Waals surface area contributed by atoms with E-state index >= 15 is 0 Å². The second-order valence-electron chi connectivity index (χ2n) is 16.4. The van der Waals surface area contributed by atoms with Gasteiger partial charge in [0.15, 0.2) is 0 Å². The Balaban J connectivity index is 0.000000149. The molecule has 49 heavy (non-hydrogen) atoms. The quantitative estimate of drug-likeness (QED) is 0.180. The fourth-order valence-corrected chi connectivity index (χ4v) is 25.0. The predicted octanol–water partition coefficient (Wildman–Crippen LogP) is 14.6. The predicted molar refractivity (Wildman–Crippen MR) is 225 cm³/mol. The maximum absolute atomic E-state index is 5.70. The second kappa shape index (κ2) is 25.0. The first-order valence-electron chi connectivity index (χ1n) is 21.3. The molecule has 0 amide bonds. The summed E-state index contributed by atoms with van der Waals surface area (Å²) in [6.45, 7) is 0. The van der Waals surface area contributed by atoms with Crippen molar-refractivity contribution in [2.24, 2.45) is 0 Å². The summed E-state index contributed by atoms with van der Waals surface area (Å²) in [5, 5.41) is 0. The van der Waals surface area contributed by atoms with Crippen molar-refractivity contribution in [1.82, 2.24) is 0 Å². The van der Waals surface area contributed by atoms with E-state index in [4.69, 9.17) is 19.4 Å². The molecule has 6 aliphatic rings. The summed E-state index contributed by atoms with van der Waals surface area (Å²) in [5.74, 6) is 0. The second-order valence-corrected chi connectivity index (χ2v) is 31.7. The van der Waals surface area contributed by atoms with Crippen LogP contribution in [-0.4, -0.2) is 52.4 Å². The molecule has 0 radical (unpaired) electrons. The van der Waals surface area contributed by atoms with E-state index in [1.165, 1.54) is 76.9 Å². The summed E-state index contributed by atoms with van der Waals surface area (Å²) in [4.78, 5) is 0. The number of hydrogen-bond donors (Lipinski definition) is 0. The topological polar surface area (TPSA) is 0 Å². The van der Waals surface area contributed by atoms with Crippen LogP contribution in [-0.2, 0) is 13.5 Å². The van der Waals surface area contributed by atoms with E-state index in [-0.39, 0.29) is 0 Å². The van der Waals surface area contributed by atoms with Gasteiger partial charge in [0.05, 0.1) is 0 Å². The molecule has 0 saturated heterocycles. The molecule has 0 nitrogen and oxygen atoms in total. The van der Waals surface area contributed by atoms with Crippen LogP contribution < -0.4 is 4.46 Å². The van der Waals surface area contributed by atoms with Crippen molar-refractivity contribution in [1.29, 1.82) is 0 Å². The molecule has 0 spiro atoms. The van der Waals surface area contributed by atoms with Crippen molar-refractivity contribution in [3.05, 3.63) is 30.3 Å². The van der Waals surface area contributed by atoms with E-state index in [0.29, 0.717) is 30.8 Å². The molecule has 6 aliphatic carbocycles. The number of rotatable bonds is 8. The van der Waals surface area contributed by atoms with Gasteiger partial charge in [-0.25, -0.2) is 0 Å². The SMILES string of the molecule is C1CCC(P(C2CCCCC2)C2CCCCC2)CC1.C1CCC(P(C2CCCCC2)C2CCCCC2)CC1.[Cl][Ru]([Cl])=[CH][Se]c1ccccc1. The van der Waals surface area contributed by atoms with Crippen molar-refractivity contribution in [2.45, 2.75) is 227 Å². The van der Waals surface area contributed by atoms with E-state index in [9.17, 15) is 0 Å². The van der Waals surface area contributed by atoms with E-state index in [0.717, 1.165) is 0 Å². The van der Waals surface area contributed by atoms with Gasteiger partial charge in [0.2, 0.25) is 0 Å². The number of hydrogen-bond acceptors (Lipinski definition) is 0. The Kier molecular flexibility index (Phi) is 21.3. The first kappa shape index (κ1) is 41.8. The first-order valence-corrected chi connectivity index (χ1v) is 31.7. The van der Waals surface area contributed by atoms with E-state index in [1.807, 2.05) is 18.2 Å². The van der Waals surface area contributed by atoms with Gasteiger partial charge < -0.3 is 0 Å². The third kappa shape index (κ3) is 15.0. The molecular formula is C43H72Cl2P2RuSe. The molecule has 6 heteroatoms. The Morgan fingerprint density at radius 3 is 0.878 bits per heavy atom. The van der Waals surface area contributed by atoms with Gasteiger partial charge in [0, 0.05) is 0 Å². The molecule has 7 rings (SSSR count). The van der Waals surface area contributed by atoms with Gasteiger partial charge in [-0.3, -0.25) is 0 Å². The molecule has 6 fully saturated rings. The monoisotopic (exact) mass is 902 g/mol. The van der Waals surface area contributed by atoms with Gasteiger partial charge in [-0.15, -0.1) is 0 Å². The average Bonchev–Trinajstić information content (AvgIpc) is 3.18. The fraction of sp³-hybridized carbons (Fsp3) is 0.837. The molecular weight excluding hydrogens is 829 g/mol. The zero-order valence-electron chi connectivity index (χ0n) is 31.1. The Bertz CT molecular complexity index is 862. The van der Waals surface area contributed by atoms with E-state index in [1.54, 1.807) is 154 Å². The number of benzene rings is 1. The van der Waals surface area contributed by atoms with E-state index in [2.05, 4.69) is 15.6 Å². The molecule has 0 N–H and O–H groups in total. The molecule has 0 aromatic heterocycles. The van der Waals surface area contributed by atoms with Crippen LogP contribution in [0.25, 0.3) is 0 Å². The van der Waals surface area contributed by atoms with Gasteiger partial charge in [-0.1, -0.05) is 131 Å². The minimum absolute atomic E-state index is 0.365.